The zero-order valence-corrected chi connectivity index (χ0v) is 17.2. The second kappa shape index (κ2) is 10.0. The fourth-order valence-electron chi connectivity index (χ4n) is 3.24. The highest BCUT2D eigenvalue weighted by Gasteiger charge is 2.45. The van der Waals surface area contributed by atoms with Crippen molar-refractivity contribution in [3.8, 4) is 0 Å². The summed E-state index contributed by atoms with van der Waals surface area (Å²) in [4.78, 5) is 36.7. The molecule has 4 N–H and O–H groups in total. The smallest absolute Gasteiger partial charge is 0.310 e. The largest absolute Gasteiger partial charge is 0.481 e. The van der Waals surface area contributed by atoms with Crippen LogP contribution in [0.15, 0.2) is 60.7 Å². The molecule has 2 amide bonds. The first-order valence-corrected chi connectivity index (χ1v) is 9.71. The normalized spacial score (nSPS) is 14.8. The molecule has 2 rings (SSSR count). The molecule has 0 heterocycles. The number of carboxylic acid groups (broad SMARTS) is 1. The second-order valence-corrected chi connectivity index (χ2v) is 7.92. The van der Waals surface area contributed by atoms with Gasteiger partial charge in [-0.25, -0.2) is 0 Å². The van der Waals surface area contributed by atoms with Crippen LogP contribution in [-0.2, 0) is 27.5 Å². The van der Waals surface area contributed by atoms with E-state index in [1.165, 1.54) is 13.8 Å². The van der Waals surface area contributed by atoms with E-state index in [0.717, 1.165) is 11.1 Å². The summed E-state index contributed by atoms with van der Waals surface area (Å²) >= 11 is 0. The third-order valence-corrected chi connectivity index (χ3v) is 4.92. The van der Waals surface area contributed by atoms with Crippen LogP contribution in [-0.4, -0.2) is 33.6 Å². The summed E-state index contributed by atoms with van der Waals surface area (Å²) in [5.41, 5.74) is -1.84. The highest BCUT2D eigenvalue weighted by molar-refractivity contribution is 5.88. The summed E-state index contributed by atoms with van der Waals surface area (Å²) in [6.07, 6.45) is -0.772. The molecule has 0 aliphatic heterocycles. The topological polar surface area (TPSA) is 116 Å². The van der Waals surface area contributed by atoms with Crippen molar-refractivity contribution >= 4 is 17.8 Å². The van der Waals surface area contributed by atoms with Gasteiger partial charge in [-0.1, -0.05) is 60.7 Å². The van der Waals surface area contributed by atoms with Gasteiger partial charge < -0.3 is 20.8 Å². The van der Waals surface area contributed by atoms with Crippen molar-refractivity contribution in [2.45, 2.75) is 45.4 Å². The van der Waals surface area contributed by atoms with E-state index in [1.54, 1.807) is 0 Å². The Morgan fingerprint density at radius 3 is 1.77 bits per heavy atom. The van der Waals surface area contributed by atoms with Crippen LogP contribution in [0.4, 0.5) is 0 Å². The number of amides is 2. The molecule has 30 heavy (non-hydrogen) atoms. The quantitative estimate of drug-likeness (QED) is 0.478. The fourth-order valence-corrected chi connectivity index (χ4v) is 3.24. The van der Waals surface area contributed by atoms with Crippen LogP contribution in [0.2, 0.25) is 0 Å². The second-order valence-electron chi connectivity index (χ2n) is 7.92. The number of benzene rings is 2. The molecule has 160 valence electrons. The number of carbonyl (C=O) groups is 3. The van der Waals surface area contributed by atoms with Gasteiger partial charge in [0, 0.05) is 25.9 Å². The van der Waals surface area contributed by atoms with Crippen molar-refractivity contribution in [2.24, 2.45) is 5.41 Å². The predicted molar refractivity (Wildman–Crippen MR) is 112 cm³/mol. The molecule has 0 aliphatic carbocycles. The lowest BCUT2D eigenvalue weighted by Gasteiger charge is -2.32. The average Bonchev–Trinajstić information content (AvgIpc) is 2.71. The standard InChI is InChI=1S/C23H28N2O5/c1-22(21(28)29,13-19(26)24-14-17-9-5-3-6-10-17)16-23(2,30)20(27)25-15-18-11-7-4-8-12-18/h3-12,30H,13-16H2,1-2H3,(H,24,26)(H,25,27)(H,28,29). The molecular formula is C23H28N2O5. The molecule has 0 spiro atoms. The highest BCUT2D eigenvalue weighted by Crippen LogP contribution is 2.33. The van der Waals surface area contributed by atoms with Crippen LogP contribution in [0.1, 0.15) is 37.8 Å². The number of aliphatic carboxylic acids is 1. The number of hydrogen-bond donors (Lipinski definition) is 4. The van der Waals surface area contributed by atoms with Gasteiger partial charge in [-0.15, -0.1) is 0 Å². The summed E-state index contributed by atoms with van der Waals surface area (Å²) in [7, 11) is 0. The molecule has 2 aromatic carbocycles. The Kier molecular flexibility index (Phi) is 7.72. The number of rotatable bonds is 10. The van der Waals surface area contributed by atoms with Crippen molar-refractivity contribution in [1.29, 1.82) is 0 Å². The number of carbonyl (C=O) groups excluding carboxylic acids is 2. The van der Waals surface area contributed by atoms with Crippen LogP contribution in [0.5, 0.6) is 0 Å². The van der Waals surface area contributed by atoms with Crippen LogP contribution in [0.25, 0.3) is 0 Å². The Hall–Kier alpha value is -3.19. The van der Waals surface area contributed by atoms with Gasteiger partial charge in [0.1, 0.15) is 5.60 Å². The minimum Gasteiger partial charge on any atom is -0.481 e. The molecule has 0 fully saturated rings. The Bertz CT molecular complexity index is 868. The van der Waals surface area contributed by atoms with Crippen LogP contribution >= 0.6 is 0 Å². The zero-order valence-electron chi connectivity index (χ0n) is 17.2. The first-order valence-electron chi connectivity index (χ1n) is 9.71. The lowest BCUT2D eigenvalue weighted by atomic mass is 9.76. The van der Waals surface area contributed by atoms with Gasteiger partial charge >= 0.3 is 5.97 Å². The van der Waals surface area contributed by atoms with Crippen molar-refractivity contribution in [2.75, 3.05) is 0 Å². The molecule has 2 aromatic rings. The van der Waals surface area contributed by atoms with E-state index in [0.29, 0.717) is 0 Å². The maximum atomic E-state index is 12.5. The summed E-state index contributed by atoms with van der Waals surface area (Å²) in [5.74, 6) is -2.42. The molecule has 0 radical (unpaired) electrons. The molecule has 7 heteroatoms. The van der Waals surface area contributed by atoms with E-state index < -0.39 is 35.2 Å². The van der Waals surface area contributed by atoms with E-state index >= 15 is 0 Å². The molecule has 0 saturated heterocycles. The molecule has 7 nitrogen and oxygen atoms in total. The predicted octanol–water partition coefficient (Wildman–Crippen LogP) is 2.24. The summed E-state index contributed by atoms with van der Waals surface area (Å²) in [6.45, 7) is 3.09. The summed E-state index contributed by atoms with van der Waals surface area (Å²) in [5, 5.41) is 25.7. The minimum atomic E-state index is -1.96. The molecule has 0 saturated carbocycles. The molecule has 0 bridgehead atoms. The van der Waals surface area contributed by atoms with E-state index in [9.17, 15) is 24.6 Å². The SMILES string of the molecule is CC(O)(CC(C)(CC(=O)NCc1ccccc1)C(=O)O)C(=O)NCc1ccccc1. The van der Waals surface area contributed by atoms with Crippen molar-refractivity contribution in [1.82, 2.24) is 10.6 Å². The molecule has 2 unspecified atom stereocenters. The molecular weight excluding hydrogens is 384 g/mol. The third kappa shape index (κ3) is 6.70. The molecule has 0 aromatic heterocycles. The van der Waals surface area contributed by atoms with E-state index in [4.69, 9.17) is 0 Å². The highest BCUT2D eigenvalue weighted by atomic mass is 16.4. The Balaban J connectivity index is 1.97. The first-order chi connectivity index (χ1) is 14.1. The third-order valence-electron chi connectivity index (χ3n) is 4.92. The fraction of sp³-hybridized carbons (Fsp3) is 0.348. The van der Waals surface area contributed by atoms with Gasteiger partial charge in [-0.3, -0.25) is 14.4 Å². The lowest BCUT2D eigenvalue weighted by molar-refractivity contribution is -0.158. The van der Waals surface area contributed by atoms with E-state index in [1.807, 2.05) is 60.7 Å². The maximum absolute atomic E-state index is 12.5. The van der Waals surface area contributed by atoms with E-state index in [2.05, 4.69) is 10.6 Å². The van der Waals surface area contributed by atoms with Crippen LogP contribution in [0, 0.1) is 5.41 Å². The summed E-state index contributed by atoms with van der Waals surface area (Å²) in [6, 6.07) is 18.4. The number of nitrogens with one attached hydrogen (secondary N) is 2. The van der Waals surface area contributed by atoms with Gasteiger partial charge in [-0.2, -0.15) is 0 Å². The Morgan fingerprint density at radius 2 is 1.30 bits per heavy atom. The van der Waals surface area contributed by atoms with Crippen LogP contribution < -0.4 is 10.6 Å². The van der Waals surface area contributed by atoms with Crippen molar-refractivity contribution < 1.29 is 24.6 Å². The Labute approximate surface area is 176 Å². The Morgan fingerprint density at radius 1 is 0.833 bits per heavy atom. The number of aliphatic hydroxyl groups is 1. The molecule has 2 atom stereocenters. The van der Waals surface area contributed by atoms with Crippen molar-refractivity contribution in [3.63, 3.8) is 0 Å². The molecule has 0 aliphatic rings. The van der Waals surface area contributed by atoms with Gasteiger partial charge in [-0.05, 0) is 25.0 Å². The summed E-state index contributed by atoms with van der Waals surface area (Å²) < 4.78 is 0. The first kappa shape index (κ1) is 23.1. The maximum Gasteiger partial charge on any atom is 0.310 e. The van der Waals surface area contributed by atoms with Gasteiger partial charge in [0.2, 0.25) is 5.91 Å². The monoisotopic (exact) mass is 412 g/mol. The van der Waals surface area contributed by atoms with E-state index in [-0.39, 0.29) is 19.5 Å². The van der Waals surface area contributed by atoms with Gasteiger partial charge in [0.15, 0.2) is 0 Å². The average molecular weight is 412 g/mol. The van der Waals surface area contributed by atoms with Crippen LogP contribution in [0.3, 0.4) is 0 Å². The number of hydrogen-bond acceptors (Lipinski definition) is 4. The lowest BCUT2D eigenvalue weighted by Crippen LogP contribution is -2.50. The zero-order chi connectivity index (χ0) is 22.2. The minimum absolute atomic E-state index is 0.206. The van der Waals surface area contributed by atoms with Gasteiger partial charge in [0.05, 0.1) is 5.41 Å². The van der Waals surface area contributed by atoms with Crippen molar-refractivity contribution in [3.05, 3.63) is 71.8 Å². The number of carboxylic acids is 1. The van der Waals surface area contributed by atoms with Gasteiger partial charge in [0.25, 0.3) is 5.91 Å².